The average molecular weight is 287 g/mol. The summed E-state index contributed by atoms with van der Waals surface area (Å²) in [5.41, 5.74) is 1.49. The zero-order valence-electron chi connectivity index (χ0n) is 11.4. The summed E-state index contributed by atoms with van der Waals surface area (Å²) in [4.78, 5) is 16.8. The number of aliphatic hydroxyl groups is 1. The molecule has 2 aromatic heterocycles. The summed E-state index contributed by atoms with van der Waals surface area (Å²) in [6.07, 6.45) is 0.939. The van der Waals surface area contributed by atoms with Gasteiger partial charge in [0, 0.05) is 24.2 Å². The number of aromatic amines is 1. The second-order valence-corrected chi connectivity index (χ2v) is 4.92. The SMILES string of the molecule is CC(O)c1nc2cc[nH]n2c(=O)c1Cc1cccc(F)c1. The fraction of sp³-hybridized carbons (Fsp3) is 0.200. The lowest BCUT2D eigenvalue weighted by Gasteiger charge is -2.11. The number of hydrogen-bond acceptors (Lipinski definition) is 3. The molecule has 0 bridgehead atoms. The number of rotatable bonds is 3. The van der Waals surface area contributed by atoms with E-state index in [0.717, 1.165) is 0 Å². The molecule has 3 aromatic rings. The van der Waals surface area contributed by atoms with Crippen LogP contribution in [0, 0.1) is 5.82 Å². The molecule has 108 valence electrons. The highest BCUT2D eigenvalue weighted by Crippen LogP contribution is 2.17. The van der Waals surface area contributed by atoms with Crippen molar-refractivity contribution in [2.24, 2.45) is 0 Å². The average Bonchev–Trinajstić information content (AvgIpc) is 2.90. The third kappa shape index (κ3) is 2.45. The van der Waals surface area contributed by atoms with Crippen molar-refractivity contribution in [3.63, 3.8) is 0 Å². The Bertz CT molecular complexity index is 851. The Kier molecular flexibility index (Phi) is 3.31. The molecule has 0 aliphatic rings. The molecule has 2 N–H and O–H groups in total. The first-order valence-corrected chi connectivity index (χ1v) is 6.57. The molecule has 1 unspecified atom stereocenters. The fourth-order valence-corrected chi connectivity index (χ4v) is 2.38. The number of fused-ring (bicyclic) bond motifs is 1. The molecule has 0 aliphatic carbocycles. The van der Waals surface area contributed by atoms with Crippen molar-refractivity contribution in [2.45, 2.75) is 19.4 Å². The van der Waals surface area contributed by atoms with Gasteiger partial charge in [-0.1, -0.05) is 12.1 Å². The van der Waals surface area contributed by atoms with Crippen LogP contribution in [0.1, 0.15) is 29.8 Å². The molecule has 0 spiro atoms. The summed E-state index contributed by atoms with van der Waals surface area (Å²) in [6, 6.07) is 7.69. The van der Waals surface area contributed by atoms with E-state index in [2.05, 4.69) is 10.1 Å². The zero-order chi connectivity index (χ0) is 15.0. The van der Waals surface area contributed by atoms with E-state index in [1.54, 1.807) is 31.3 Å². The van der Waals surface area contributed by atoms with Crippen LogP contribution in [0.2, 0.25) is 0 Å². The molecule has 0 saturated carbocycles. The number of H-pyrrole nitrogens is 1. The molecular weight excluding hydrogens is 273 g/mol. The topological polar surface area (TPSA) is 70.4 Å². The van der Waals surface area contributed by atoms with Gasteiger partial charge in [-0.2, -0.15) is 0 Å². The van der Waals surface area contributed by atoms with Crippen LogP contribution in [0.3, 0.4) is 0 Å². The normalized spacial score (nSPS) is 12.7. The Labute approximate surface area is 119 Å². The molecular formula is C15H14FN3O2. The van der Waals surface area contributed by atoms with Crippen molar-refractivity contribution >= 4 is 5.65 Å². The lowest BCUT2D eigenvalue weighted by Crippen LogP contribution is -2.24. The number of benzene rings is 1. The van der Waals surface area contributed by atoms with Gasteiger partial charge in [-0.3, -0.25) is 9.89 Å². The number of halogens is 1. The van der Waals surface area contributed by atoms with Gasteiger partial charge in [0.05, 0.1) is 11.8 Å². The standard InChI is InChI=1S/C15H14FN3O2/c1-9(20)14-12(8-10-3-2-4-11(16)7-10)15(21)19-13(18-14)5-6-17-19/h2-7,9,17,20H,8H2,1H3. The van der Waals surface area contributed by atoms with Gasteiger partial charge >= 0.3 is 0 Å². The first kappa shape index (κ1) is 13.5. The fourth-order valence-electron chi connectivity index (χ4n) is 2.38. The number of aliphatic hydroxyl groups excluding tert-OH is 1. The minimum Gasteiger partial charge on any atom is -0.387 e. The maximum absolute atomic E-state index is 13.3. The summed E-state index contributed by atoms with van der Waals surface area (Å²) < 4.78 is 14.6. The van der Waals surface area contributed by atoms with E-state index in [-0.39, 0.29) is 17.8 Å². The molecule has 1 aromatic carbocycles. The third-order valence-electron chi connectivity index (χ3n) is 3.34. The van der Waals surface area contributed by atoms with Crippen molar-refractivity contribution in [1.29, 1.82) is 0 Å². The zero-order valence-corrected chi connectivity index (χ0v) is 11.4. The van der Waals surface area contributed by atoms with Crippen LogP contribution >= 0.6 is 0 Å². The predicted molar refractivity (Wildman–Crippen MR) is 75.7 cm³/mol. The molecule has 0 amide bonds. The molecule has 1 atom stereocenters. The largest absolute Gasteiger partial charge is 0.387 e. The quantitative estimate of drug-likeness (QED) is 0.771. The Morgan fingerprint density at radius 3 is 2.95 bits per heavy atom. The molecule has 0 saturated heterocycles. The smallest absolute Gasteiger partial charge is 0.276 e. The van der Waals surface area contributed by atoms with Crippen LogP contribution in [0.4, 0.5) is 4.39 Å². The third-order valence-corrected chi connectivity index (χ3v) is 3.34. The van der Waals surface area contributed by atoms with Gasteiger partial charge in [0.15, 0.2) is 5.65 Å². The van der Waals surface area contributed by atoms with Gasteiger partial charge in [-0.25, -0.2) is 13.9 Å². The van der Waals surface area contributed by atoms with Gasteiger partial charge in [-0.05, 0) is 24.6 Å². The second kappa shape index (κ2) is 5.14. The van der Waals surface area contributed by atoms with Gasteiger partial charge in [0.25, 0.3) is 5.56 Å². The van der Waals surface area contributed by atoms with Crippen LogP contribution in [0.15, 0.2) is 41.3 Å². The predicted octanol–water partition coefficient (Wildman–Crippen LogP) is 1.81. The van der Waals surface area contributed by atoms with E-state index in [0.29, 0.717) is 22.5 Å². The molecule has 21 heavy (non-hydrogen) atoms. The maximum atomic E-state index is 13.3. The highest BCUT2D eigenvalue weighted by atomic mass is 19.1. The minimum absolute atomic E-state index is 0.214. The van der Waals surface area contributed by atoms with Gasteiger partial charge < -0.3 is 5.11 Å². The summed E-state index contributed by atoms with van der Waals surface area (Å²) in [5.74, 6) is -0.361. The van der Waals surface area contributed by atoms with E-state index < -0.39 is 6.10 Å². The van der Waals surface area contributed by atoms with Crippen LogP contribution < -0.4 is 5.56 Å². The Balaban J connectivity index is 2.18. The minimum atomic E-state index is -0.874. The van der Waals surface area contributed by atoms with Crippen molar-refractivity contribution in [2.75, 3.05) is 0 Å². The van der Waals surface area contributed by atoms with Crippen molar-refractivity contribution in [1.82, 2.24) is 14.6 Å². The van der Waals surface area contributed by atoms with E-state index in [1.807, 2.05) is 0 Å². The molecule has 2 heterocycles. The van der Waals surface area contributed by atoms with Gasteiger partial charge in [0.2, 0.25) is 0 Å². The molecule has 6 heteroatoms. The van der Waals surface area contributed by atoms with Crippen LogP contribution in [-0.4, -0.2) is 19.7 Å². The van der Waals surface area contributed by atoms with Gasteiger partial charge in [-0.15, -0.1) is 0 Å². The highest BCUT2D eigenvalue weighted by Gasteiger charge is 2.17. The first-order valence-electron chi connectivity index (χ1n) is 6.57. The summed E-state index contributed by atoms with van der Waals surface area (Å²) in [5, 5.41) is 12.6. The van der Waals surface area contributed by atoms with E-state index in [9.17, 15) is 14.3 Å². The van der Waals surface area contributed by atoms with E-state index in [4.69, 9.17) is 0 Å². The lowest BCUT2D eigenvalue weighted by molar-refractivity contribution is 0.193. The molecule has 0 fully saturated rings. The monoisotopic (exact) mass is 287 g/mol. The Morgan fingerprint density at radius 2 is 2.24 bits per heavy atom. The summed E-state index contributed by atoms with van der Waals surface area (Å²) in [6.45, 7) is 1.56. The number of aromatic nitrogens is 3. The van der Waals surface area contributed by atoms with Crippen molar-refractivity contribution < 1.29 is 9.50 Å². The second-order valence-electron chi connectivity index (χ2n) is 4.92. The van der Waals surface area contributed by atoms with Crippen molar-refractivity contribution in [3.8, 4) is 0 Å². The highest BCUT2D eigenvalue weighted by molar-refractivity contribution is 5.41. The molecule has 3 rings (SSSR count). The van der Waals surface area contributed by atoms with Crippen LogP contribution in [-0.2, 0) is 6.42 Å². The van der Waals surface area contributed by atoms with Crippen molar-refractivity contribution in [3.05, 3.63) is 69.5 Å². The van der Waals surface area contributed by atoms with E-state index >= 15 is 0 Å². The first-order chi connectivity index (χ1) is 10.1. The number of nitrogens with zero attached hydrogens (tertiary/aromatic N) is 2. The number of hydrogen-bond donors (Lipinski definition) is 2. The summed E-state index contributed by atoms with van der Waals surface area (Å²) >= 11 is 0. The van der Waals surface area contributed by atoms with Crippen LogP contribution in [0.5, 0.6) is 0 Å². The lowest BCUT2D eigenvalue weighted by atomic mass is 10.0. The molecule has 0 aliphatic heterocycles. The van der Waals surface area contributed by atoms with E-state index in [1.165, 1.54) is 16.6 Å². The Hall–Kier alpha value is -2.47. The summed E-state index contributed by atoms with van der Waals surface area (Å²) in [7, 11) is 0. The molecule has 5 nitrogen and oxygen atoms in total. The number of nitrogens with one attached hydrogen (secondary N) is 1. The Morgan fingerprint density at radius 1 is 1.43 bits per heavy atom. The molecule has 0 radical (unpaired) electrons. The maximum Gasteiger partial charge on any atom is 0.276 e. The van der Waals surface area contributed by atoms with Crippen LogP contribution in [0.25, 0.3) is 5.65 Å². The van der Waals surface area contributed by atoms with Gasteiger partial charge in [0.1, 0.15) is 5.82 Å².